The Labute approximate surface area is 112 Å². The van der Waals surface area contributed by atoms with Crippen LogP contribution < -0.4 is 5.32 Å². The fourth-order valence-corrected chi connectivity index (χ4v) is 2.41. The van der Waals surface area contributed by atoms with Gasteiger partial charge in [-0.05, 0) is 58.7 Å². The average molecular weight is 343 g/mol. The van der Waals surface area contributed by atoms with E-state index in [0.717, 1.165) is 14.1 Å². The van der Waals surface area contributed by atoms with Gasteiger partial charge in [-0.2, -0.15) is 0 Å². The lowest BCUT2D eigenvalue weighted by molar-refractivity contribution is 0.103. The average Bonchev–Trinajstić information content (AvgIpc) is 2.77. The molecule has 0 radical (unpaired) electrons. The molecule has 0 unspecified atom stereocenters. The molecule has 4 heteroatoms. The van der Waals surface area contributed by atoms with Crippen molar-refractivity contribution in [2.24, 2.45) is 0 Å². The summed E-state index contributed by atoms with van der Waals surface area (Å²) in [6.07, 6.45) is 0. The number of aryl methyl sites for hydroxylation is 1. The quantitative estimate of drug-likeness (QED) is 0.823. The van der Waals surface area contributed by atoms with E-state index in [4.69, 9.17) is 0 Å². The van der Waals surface area contributed by atoms with Gasteiger partial charge < -0.3 is 5.32 Å². The Morgan fingerprint density at radius 2 is 2.19 bits per heavy atom. The molecule has 2 rings (SSSR count). The van der Waals surface area contributed by atoms with Crippen LogP contribution in [-0.2, 0) is 0 Å². The minimum absolute atomic E-state index is 0.0466. The molecule has 2 aromatic rings. The number of hydrogen-bond acceptors (Lipinski definition) is 2. The van der Waals surface area contributed by atoms with Crippen LogP contribution in [0.3, 0.4) is 0 Å². The maximum absolute atomic E-state index is 11.8. The lowest BCUT2D eigenvalue weighted by Gasteiger charge is -2.05. The van der Waals surface area contributed by atoms with Gasteiger partial charge in [0.2, 0.25) is 0 Å². The third-order valence-electron chi connectivity index (χ3n) is 2.17. The van der Waals surface area contributed by atoms with E-state index in [-0.39, 0.29) is 5.91 Å². The second-order valence-corrected chi connectivity index (χ2v) is 5.51. The predicted molar refractivity (Wildman–Crippen MR) is 76.2 cm³/mol. The van der Waals surface area contributed by atoms with Gasteiger partial charge in [0.25, 0.3) is 5.91 Å². The van der Waals surface area contributed by atoms with E-state index in [1.165, 1.54) is 16.9 Å². The van der Waals surface area contributed by atoms with Crippen molar-refractivity contribution in [1.29, 1.82) is 0 Å². The first-order valence-electron chi connectivity index (χ1n) is 4.78. The monoisotopic (exact) mass is 343 g/mol. The van der Waals surface area contributed by atoms with E-state index in [9.17, 15) is 4.79 Å². The Bertz CT molecular complexity index is 508. The lowest BCUT2D eigenvalue weighted by atomic mass is 10.2. The van der Waals surface area contributed by atoms with E-state index in [0.29, 0.717) is 0 Å². The van der Waals surface area contributed by atoms with Crippen LogP contribution in [0.1, 0.15) is 15.2 Å². The molecular weight excluding hydrogens is 333 g/mol. The number of anilines is 1. The lowest BCUT2D eigenvalue weighted by Crippen LogP contribution is -2.10. The summed E-state index contributed by atoms with van der Waals surface area (Å²) < 4.78 is 1.15. The minimum Gasteiger partial charge on any atom is -0.321 e. The Morgan fingerprint density at radius 1 is 1.38 bits per heavy atom. The Morgan fingerprint density at radius 3 is 2.81 bits per heavy atom. The molecule has 1 N–H and O–H groups in total. The zero-order chi connectivity index (χ0) is 11.5. The molecule has 0 atom stereocenters. The van der Waals surface area contributed by atoms with Crippen molar-refractivity contribution in [3.8, 4) is 0 Å². The van der Waals surface area contributed by atoms with Crippen LogP contribution in [-0.4, -0.2) is 5.91 Å². The SMILES string of the molecule is Cc1ccc(NC(=O)c2cccs2)cc1I. The molecule has 0 aliphatic heterocycles. The third-order valence-corrected chi connectivity index (χ3v) is 4.21. The molecule has 1 aromatic heterocycles. The molecule has 1 heterocycles. The van der Waals surface area contributed by atoms with Gasteiger partial charge in [0, 0.05) is 9.26 Å². The van der Waals surface area contributed by atoms with Crippen LogP contribution in [0.5, 0.6) is 0 Å². The maximum atomic E-state index is 11.8. The number of amides is 1. The standard InChI is InChI=1S/C12H10INOS/c1-8-4-5-9(7-10(8)13)14-12(15)11-3-2-6-16-11/h2-7H,1H3,(H,14,15). The van der Waals surface area contributed by atoms with Crippen molar-refractivity contribution in [1.82, 2.24) is 0 Å². The van der Waals surface area contributed by atoms with Crippen molar-refractivity contribution >= 4 is 45.5 Å². The Balaban J connectivity index is 2.15. The van der Waals surface area contributed by atoms with Crippen LogP contribution in [0.2, 0.25) is 0 Å². The molecule has 0 bridgehead atoms. The molecule has 1 amide bonds. The van der Waals surface area contributed by atoms with Crippen LogP contribution >= 0.6 is 33.9 Å². The molecule has 82 valence electrons. The van der Waals surface area contributed by atoms with E-state index in [1.54, 1.807) is 0 Å². The number of thiophene rings is 1. The number of hydrogen-bond donors (Lipinski definition) is 1. The molecule has 0 aliphatic rings. The summed E-state index contributed by atoms with van der Waals surface area (Å²) in [7, 11) is 0. The molecule has 2 nitrogen and oxygen atoms in total. The van der Waals surface area contributed by atoms with Crippen molar-refractivity contribution in [2.75, 3.05) is 5.32 Å². The van der Waals surface area contributed by atoms with Gasteiger partial charge in [0.15, 0.2) is 0 Å². The number of rotatable bonds is 2. The van der Waals surface area contributed by atoms with E-state index >= 15 is 0 Å². The molecular formula is C12H10INOS. The first-order chi connectivity index (χ1) is 7.66. The van der Waals surface area contributed by atoms with Crippen molar-refractivity contribution in [2.45, 2.75) is 6.92 Å². The van der Waals surface area contributed by atoms with E-state index in [1.807, 2.05) is 42.6 Å². The minimum atomic E-state index is -0.0466. The first kappa shape index (κ1) is 11.6. The second-order valence-electron chi connectivity index (χ2n) is 3.40. The fraction of sp³-hybridized carbons (Fsp3) is 0.0833. The molecule has 0 fully saturated rings. The number of nitrogens with one attached hydrogen (secondary N) is 1. The van der Waals surface area contributed by atoms with Gasteiger partial charge in [-0.1, -0.05) is 12.1 Å². The van der Waals surface area contributed by atoms with Gasteiger partial charge in [-0.3, -0.25) is 4.79 Å². The Kier molecular flexibility index (Phi) is 3.60. The van der Waals surface area contributed by atoms with Crippen molar-refractivity contribution in [3.63, 3.8) is 0 Å². The van der Waals surface area contributed by atoms with Gasteiger partial charge in [-0.25, -0.2) is 0 Å². The number of benzene rings is 1. The highest BCUT2D eigenvalue weighted by Gasteiger charge is 2.07. The molecule has 0 aliphatic carbocycles. The van der Waals surface area contributed by atoms with E-state index in [2.05, 4.69) is 27.9 Å². The van der Waals surface area contributed by atoms with Gasteiger partial charge in [-0.15, -0.1) is 11.3 Å². The zero-order valence-electron chi connectivity index (χ0n) is 8.66. The normalized spacial score (nSPS) is 10.1. The number of halogens is 1. The van der Waals surface area contributed by atoms with Gasteiger partial charge in [0.05, 0.1) is 4.88 Å². The molecule has 0 saturated carbocycles. The predicted octanol–water partition coefficient (Wildman–Crippen LogP) is 3.91. The highest BCUT2D eigenvalue weighted by molar-refractivity contribution is 14.1. The topological polar surface area (TPSA) is 29.1 Å². The zero-order valence-corrected chi connectivity index (χ0v) is 11.6. The highest BCUT2D eigenvalue weighted by Crippen LogP contribution is 2.18. The largest absolute Gasteiger partial charge is 0.321 e. The van der Waals surface area contributed by atoms with Crippen molar-refractivity contribution < 1.29 is 4.79 Å². The highest BCUT2D eigenvalue weighted by atomic mass is 127. The van der Waals surface area contributed by atoms with Crippen LogP contribution in [0, 0.1) is 10.5 Å². The first-order valence-corrected chi connectivity index (χ1v) is 6.73. The summed E-state index contributed by atoms with van der Waals surface area (Å²) in [6, 6.07) is 9.59. The Hall–Kier alpha value is -0.880. The summed E-state index contributed by atoms with van der Waals surface area (Å²) in [6.45, 7) is 2.05. The second kappa shape index (κ2) is 4.97. The maximum Gasteiger partial charge on any atom is 0.265 e. The molecule has 0 spiro atoms. The van der Waals surface area contributed by atoms with Gasteiger partial charge in [0.1, 0.15) is 0 Å². The smallest absolute Gasteiger partial charge is 0.265 e. The van der Waals surface area contributed by atoms with Gasteiger partial charge >= 0.3 is 0 Å². The fourth-order valence-electron chi connectivity index (χ4n) is 1.27. The summed E-state index contributed by atoms with van der Waals surface area (Å²) in [5.74, 6) is -0.0466. The van der Waals surface area contributed by atoms with Crippen LogP contribution in [0.25, 0.3) is 0 Å². The van der Waals surface area contributed by atoms with E-state index < -0.39 is 0 Å². The summed E-state index contributed by atoms with van der Waals surface area (Å²) in [5.41, 5.74) is 2.06. The molecule has 1 aromatic carbocycles. The summed E-state index contributed by atoms with van der Waals surface area (Å²) in [5, 5.41) is 4.78. The summed E-state index contributed by atoms with van der Waals surface area (Å²) in [4.78, 5) is 12.5. The third kappa shape index (κ3) is 2.62. The number of carbonyl (C=O) groups excluding carboxylic acids is 1. The summed E-state index contributed by atoms with van der Waals surface area (Å²) >= 11 is 3.71. The van der Waals surface area contributed by atoms with Crippen molar-refractivity contribution in [3.05, 3.63) is 49.7 Å². The molecule has 16 heavy (non-hydrogen) atoms. The molecule has 0 saturated heterocycles. The van der Waals surface area contributed by atoms with Crippen LogP contribution in [0.4, 0.5) is 5.69 Å². The number of carbonyl (C=O) groups is 1. The van der Waals surface area contributed by atoms with Crippen LogP contribution in [0.15, 0.2) is 35.7 Å².